The Morgan fingerprint density at radius 1 is 0.771 bits per heavy atom. The van der Waals surface area contributed by atoms with Crippen LogP contribution >= 0.6 is 0 Å². The Balaban J connectivity index is 1.25. The van der Waals surface area contributed by atoms with Crippen molar-refractivity contribution in [2.45, 2.75) is 150 Å². The molecule has 0 saturated heterocycles. The van der Waals surface area contributed by atoms with Crippen molar-refractivity contribution in [2.75, 3.05) is 0 Å². The van der Waals surface area contributed by atoms with Crippen molar-refractivity contribution in [1.29, 1.82) is 0 Å². The van der Waals surface area contributed by atoms with Crippen LogP contribution in [0.4, 0.5) is 0 Å². The van der Waals surface area contributed by atoms with Crippen molar-refractivity contribution in [3.8, 4) is 0 Å². The molecule has 0 amide bonds. The van der Waals surface area contributed by atoms with Crippen molar-refractivity contribution >= 4 is 0 Å². The average molecular weight is 487 g/mol. The molecule has 5 aliphatic carbocycles. The molecule has 0 spiro atoms. The number of hydrogen-bond donors (Lipinski definition) is 2. The van der Waals surface area contributed by atoms with E-state index in [2.05, 4.69) is 41.5 Å². The van der Waals surface area contributed by atoms with Crippen LogP contribution in [0.3, 0.4) is 0 Å². The number of aliphatic hydroxyl groups is 2. The van der Waals surface area contributed by atoms with Crippen molar-refractivity contribution < 1.29 is 10.2 Å². The molecule has 5 fully saturated rings. The van der Waals surface area contributed by atoms with Gasteiger partial charge in [0, 0.05) is 0 Å². The summed E-state index contributed by atoms with van der Waals surface area (Å²) >= 11 is 0. The Morgan fingerprint density at radius 2 is 1.46 bits per heavy atom. The standard InChI is InChI=1S/C33H58O2/c1-7-33(35)19-18-31(5)24(21-33)8-9-25-27-11-10-26(32(27,6)17-14-28(25)31)22(2)29(34)20-23-12-15-30(3,4)16-13-23/h22-29,34-35H,7-21H2,1-6H3/t22-,24?,25?,26?,27?,28?,29+,31?,32?,33?/m0/s1. The third-order valence-electron chi connectivity index (χ3n) is 13.8. The predicted octanol–water partition coefficient (Wildman–Crippen LogP) is 8.39. The van der Waals surface area contributed by atoms with E-state index in [0.29, 0.717) is 28.1 Å². The summed E-state index contributed by atoms with van der Waals surface area (Å²) in [5, 5.41) is 22.5. The molecule has 35 heavy (non-hydrogen) atoms. The van der Waals surface area contributed by atoms with Gasteiger partial charge in [-0.1, -0.05) is 41.5 Å². The highest BCUT2D eigenvalue weighted by Gasteiger charge is 2.61. The van der Waals surface area contributed by atoms with Gasteiger partial charge >= 0.3 is 0 Å². The quantitative estimate of drug-likeness (QED) is 0.409. The first-order valence-electron chi connectivity index (χ1n) is 15.8. The molecule has 0 aromatic heterocycles. The second-order valence-electron chi connectivity index (χ2n) is 15.9. The molecule has 5 aliphatic rings. The van der Waals surface area contributed by atoms with E-state index in [1.54, 1.807) is 0 Å². The van der Waals surface area contributed by atoms with Crippen molar-refractivity contribution in [1.82, 2.24) is 0 Å². The smallest absolute Gasteiger partial charge is 0.0648 e. The molecule has 8 unspecified atom stereocenters. The van der Waals surface area contributed by atoms with Gasteiger partial charge in [0.25, 0.3) is 0 Å². The fourth-order valence-corrected chi connectivity index (χ4v) is 11.1. The molecule has 5 rings (SSSR count). The molecule has 202 valence electrons. The van der Waals surface area contributed by atoms with Crippen LogP contribution in [-0.2, 0) is 0 Å². The van der Waals surface area contributed by atoms with E-state index in [0.717, 1.165) is 55.3 Å². The third-order valence-corrected chi connectivity index (χ3v) is 13.8. The van der Waals surface area contributed by atoms with E-state index in [1.807, 2.05) is 0 Å². The first-order chi connectivity index (χ1) is 16.4. The Bertz CT molecular complexity index is 750. The maximum absolute atomic E-state index is 11.4. The fraction of sp³-hybridized carbons (Fsp3) is 1.00. The van der Waals surface area contributed by atoms with E-state index in [9.17, 15) is 10.2 Å². The van der Waals surface area contributed by atoms with Gasteiger partial charge in [0.05, 0.1) is 11.7 Å². The highest BCUT2D eigenvalue weighted by atomic mass is 16.3. The SMILES string of the molecule is CCC1(O)CCC2(C)C(CCC3C2CCC2(C)C3CCC2[C@H](C)[C@H](O)CC2CCC(C)(C)CC2)C1. The van der Waals surface area contributed by atoms with Crippen molar-refractivity contribution in [2.24, 2.45) is 57.7 Å². The van der Waals surface area contributed by atoms with E-state index in [-0.39, 0.29) is 6.10 Å². The van der Waals surface area contributed by atoms with Gasteiger partial charge in [-0.2, -0.15) is 0 Å². The minimum Gasteiger partial charge on any atom is -0.393 e. The molecule has 0 aromatic rings. The lowest BCUT2D eigenvalue weighted by Crippen LogP contribution is -2.56. The molecule has 2 nitrogen and oxygen atoms in total. The lowest BCUT2D eigenvalue weighted by atomic mass is 9.43. The van der Waals surface area contributed by atoms with Crippen LogP contribution in [0.1, 0.15) is 138 Å². The van der Waals surface area contributed by atoms with E-state index < -0.39 is 5.60 Å². The normalized spacial score (nSPS) is 49.5. The molecule has 0 heterocycles. The number of fused-ring (bicyclic) bond motifs is 5. The van der Waals surface area contributed by atoms with Crippen molar-refractivity contribution in [3.05, 3.63) is 0 Å². The highest BCUT2D eigenvalue weighted by molar-refractivity contribution is 5.11. The summed E-state index contributed by atoms with van der Waals surface area (Å²) in [5.41, 5.74) is 1.00. The van der Waals surface area contributed by atoms with Gasteiger partial charge in [-0.05, 0) is 154 Å². The van der Waals surface area contributed by atoms with Crippen molar-refractivity contribution in [3.63, 3.8) is 0 Å². The minimum atomic E-state index is -0.391. The lowest BCUT2D eigenvalue weighted by molar-refractivity contribution is -0.154. The molecule has 0 bridgehead atoms. The van der Waals surface area contributed by atoms with Crippen LogP contribution < -0.4 is 0 Å². The Hall–Kier alpha value is -0.0800. The van der Waals surface area contributed by atoms with Crippen LogP contribution in [0.2, 0.25) is 0 Å². The van der Waals surface area contributed by atoms with Crippen LogP contribution in [0.15, 0.2) is 0 Å². The van der Waals surface area contributed by atoms with E-state index in [4.69, 9.17) is 0 Å². The summed E-state index contributed by atoms with van der Waals surface area (Å²) in [5.74, 6) is 5.22. The lowest BCUT2D eigenvalue weighted by Gasteiger charge is -2.62. The fourth-order valence-electron chi connectivity index (χ4n) is 11.1. The second kappa shape index (κ2) is 9.29. The summed E-state index contributed by atoms with van der Waals surface area (Å²) in [6.45, 7) is 14.7. The van der Waals surface area contributed by atoms with Crippen LogP contribution in [-0.4, -0.2) is 21.9 Å². The summed E-state index contributed by atoms with van der Waals surface area (Å²) in [6, 6.07) is 0. The Labute approximate surface area is 217 Å². The monoisotopic (exact) mass is 486 g/mol. The molecule has 0 radical (unpaired) electrons. The summed E-state index contributed by atoms with van der Waals surface area (Å²) < 4.78 is 0. The van der Waals surface area contributed by atoms with Gasteiger partial charge < -0.3 is 10.2 Å². The number of aliphatic hydroxyl groups excluding tert-OH is 1. The maximum atomic E-state index is 11.4. The number of hydrogen-bond acceptors (Lipinski definition) is 2. The third kappa shape index (κ3) is 4.57. The van der Waals surface area contributed by atoms with Gasteiger partial charge in [0.1, 0.15) is 0 Å². The maximum Gasteiger partial charge on any atom is 0.0648 e. The van der Waals surface area contributed by atoms with Gasteiger partial charge in [0.15, 0.2) is 0 Å². The van der Waals surface area contributed by atoms with Gasteiger partial charge in [0.2, 0.25) is 0 Å². The van der Waals surface area contributed by atoms with Crippen LogP contribution in [0.25, 0.3) is 0 Å². The van der Waals surface area contributed by atoms with Crippen LogP contribution in [0, 0.1) is 57.7 Å². The van der Waals surface area contributed by atoms with E-state index >= 15 is 0 Å². The topological polar surface area (TPSA) is 40.5 Å². The Morgan fingerprint density at radius 3 is 2.14 bits per heavy atom. The largest absolute Gasteiger partial charge is 0.393 e. The average Bonchev–Trinajstić information content (AvgIpc) is 3.17. The zero-order valence-corrected chi connectivity index (χ0v) is 24.1. The minimum absolute atomic E-state index is 0.113. The molecule has 5 saturated carbocycles. The molecule has 0 aliphatic heterocycles. The predicted molar refractivity (Wildman–Crippen MR) is 146 cm³/mol. The first-order valence-corrected chi connectivity index (χ1v) is 15.8. The zero-order chi connectivity index (χ0) is 25.2. The van der Waals surface area contributed by atoms with Gasteiger partial charge in [-0.3, -0.25) is 0 Å². The molecular formula is C33H58O2. The summed E-state index contributed by atoms with van der Waals surface area (Å²) in [6.07, 6.45) is 18.7. The molecule has 0 aromatic carbocycles. The molecule has 2 N–H and O–H groups in total. The zero-order valence-electron chi connectivity index (χ0n) is 24.1. The van der Waals surface area contributed by atoms with Crippen LogP contribution in [0.5, 0.6) is 0 Å². The molecule has 10 atom stereocenters. The van der Waals surface area contributed by atoms with Gasteiger partial charge in [-0.15, -0.1) is 0 Å². The molecular weight excluding hydrogens is 428 g/mol. The van der Waals surface area contributed by atoms with Gasteiger partial charge in [-0.25, -0.2) is 0 Å². The highest BCUT2D eigenvalue weighted by Crippen LogP contribution is 2.69. The van der Waals surface area contributed by atoms with E-state index in [1.165, 1.54) is 70.6 Å². The first kappa shape index (κ1) is 26.5. The summed E-state index contributed by atoms with van der Waals surface area (Å²) in [4.78, 5) is 0. The molecule has 2 heteroatoms. The Kier molecular flexibility index (Phi) is 7.04. The number of rotatable bonds is 5. The second-order valence-corrected chi connectivity index (χ2v) is 15.9. The summed E-state index contributed by atoms with van der Waals surface area (Å²) in [7, 11) is 0.